The van der Waals surface area contributed by atoms with Crippen molar-refractivity contribution >= 4 is 0 Å². The molecule has 0 unspecified atom stereocenters. The number of aliphatic hydroxyl groups is 3. The van der Waals surface area contributed by atoms with Gasteiger partial charge in [0.2, 0.25) is 0 Å². The molecule has 0 radical (unpaired) electrons. The Morgan fingerprint density at radius 1 is 1.00 bits per heavy atom. The Hall–Kier alpha value is -0.160. The van der Waals surface area contributed by atoms with E-state index in [0.717, 1.165) is 0 Å². The van der Waals surface area contributed by atoms with Crippen molar-refractivity contribution in [2.75, 3.05) is 26.4 Å². The van der Waals surface area contributed by atoms with Gasteiger partial charge in [0.25, 0.3) is 0 Å². The van der Waals surface area contributed by atoms with Crippen LogP contribution in [0.2, 0.25) is 0 Å². The Morgan fingerprint density at radius 2 is 1.33 bits per heavy atom. The highest BCUT2D eigenvalue weighted by atomic mass is 16.3. The van der Waals surface area contributed by atoms with Gasteiger partial charge in [-0.3, -0.25) is 0 Å². The number of hydrogen-bond donors (Lipinski definition) is 4. The van der Waals surface area contributed by atoms with Crippen LogP contribution in [0.15, 0.2) is 0 Å². The predicted molar refractivity (Wildman–Crippen MR) is 31.4 cm³/mol. The molecule has 6 N–H and O–H groups in total. The van der Waals surface area contributed by atoms with E-state index < -0.39 is 5.41 Å². The number of hydrogen-bond acceptors (Lipinski definition) is 3. The highest BCUT2D eigenvalue weighted by molar-refractivity contribution is 4.74. The van der Waals surface area contributed by atoms with Gasteiger partial charge in [0.15, 0.2) is 0 Å². The summed E-state index contributed by atoms with van der Waals surface area (Å²) >= 11 is 0. The fourth-order valence-corrected chi connectivity index (χ4v) is 0.387. The molecule has 9 heavy (non-hydrogen) atoms. The Labute approximate surface area is 53.9 Å². The zero-order valence-corrected chi connectivity index (χ0v) is 5.38. The number of quaternary nitrogens is 1. The van der Waals surface area contributed by atoms with Gasteiger partial charge < -0.3 is 21.1 Å². The van der Waals surface area contributed by atoms with Gasteiger partial charge in [-0.2, -0.15) is 0 Å². The van der Waals surface area contributed by atoms with Crippen LogP contribution >= 0.6 is 0 Å². The molecule has 0 aliphatic heterocycles. The molecule has 0 amide bonds. The molecule has 0 aliphatic carbocycles. The third kappa shape index (κ3) is 1.91. The van der Waals surface area contributed by atoms with Crippen LogP contribution in [-0.2, 0) is 0 Å². The quantitative estimate of drug-likeness (QED) is 0.336. The van der Waals surface area contributed by atoms with Gasteiger partial charge in [0.05, 0.1) is 31.8 Å². The summed E-state index contributed by atoms with van der Waals surface area (Å²) < 4.78 is 0. The van der Waals surface area contributed by atoms with Gasteiger partial charge in [0, 0.05) is 0 Å². The first-order chi connectivity index (χ1) is 4.24. The molecule has 0 heterocycles. The third-order valence-corrected chi connectivity index (χ3v) is 1.54. The zero-order chi connectivity index (χ0) is 7.33. The first-order valence-corrected chi connectivity index (χ1v) is 2.86. The van der Waals surface area contributed by atoms with Gasteiger partial charge in [-0.05, 0) is 0 Å². The summed E-state index contributed by atoms with van der Waals surface area (Å²) in [6.07, 6.45) is 0. The molecule has 0 aliphatic rings. The van der Waals surface area contributed by atoms with Gasteiger partial charge in [-0.1, -0.05) is 0 Å². The largest absolute Gasteiger partial charge is 0.395 e. The monoisotopic (exact) mass is 136 g/mol. The molecule has 0 aromatic carbocycles. The van der Waals surface area contributed by atoms with Crippen LogP contribution in [0.3, 0.4) is 0 Å². The van der Waals surface area contributed by atoms with Crippen molar-refractivity contribution in [3.05, 3.63) is 0 Å². The number of rotatable bonds is 4. The van der Waals surface area contributed by atoms with Crippen LogP contribution in [0.5, 0.6) is 0 Å². The molecule has 0 aromatic rings. The van der Waals surface area contributed by atoms with Gasteiger partial charge >= 0.3 is 0 Å². The van der Waals surface area contributed by atoms with E-state index in [2.05, 4.69) is 5.73 Å². The van der Waals surface area contributed by atoms with Gasteiger partial charge in [-0.15, -0.1) is 0 Å². The van der Waals surface area contributed by atoms with Crippen molar-refractivity contribution in [3.63, 3.8) is 0 Å². The highest BCUT2D eigenvalue weighted by Crippen LogP contribution is 2.09. The van der Waals surface area contributed by atoms with E-state index >= 15 is 0 Å². The maximum atomic E-state index is 8.62. The summed E-state index contributed by atoms with van der Waals surface area (Å²) in [5.41, 5.74) is 2.71. The molecular weight excluding hydrogens is 122 g/mol. The lowest BCUT2D eigenvalue weighted by Crippen LogP contribution is -2.61. The van der Waals surface area contributed by atoms with E-state index in [1.165, 1.54) is 0 Å². The molecule has 56 valence electrons. The minimum atomic E-state index is -0.778. The normalized spacial score (nSPS) is 12.0. The van der Waals surface area contributed by atoms with Crippen LogP contribution in [0.4, 0.5) is 0 Å². The predicted octanol–water partition coefficient (Wildman–Crippen LogP) is -2.81. The van der Waals surface area contributed by atoms with E-state index in [1.54, 1.807) is 0 Å². The standard InChI is InChI=1S/C5H13NO3/c6-1-5(2-7,3-8)4-9/h7-9H,1-4,6H2/p+1. The Kier molecular flexibility index (Phi) is 3.72. The summed E-state index contributed by atoms with van der Waals surface area (Å²) in [6, 6.07) is 0. The smallest absolute Gasteiger partial charge is 0.0882 e. The van der Waals surface area contributed by atoms with E-state index in [4.69, 9.17) is 15.3 Å². The zero-order valence-electron chi connectivity index (χ0n) is 5.38. The molecule has 0 saturated carbocycles. The Bertz CT molecular complexity index is 55.1. The fourth-order valence-electron chi connectivity index (χ4n) is 0.387. The van der Waals surface area contributed by atoms with Crippen molar-refractivity contribution < 1.29 is 21.1 Å². The molecule has 0 fully saturated rings. The average Bonchev–Trinajstić information content (AvgIpc) is 1.95. The minimum absolute atomic E-state index is 0.219. The first kappa shape index (κ1) is 8.84. The molecule has 0 aromatic heterocycles. The lowest BCUT2D eigenvalue weighted by molar-refractivity contribution is -0.399. The first-order valence-electron chi connectivity index (χ1n) is 2.86. The average molecular weight is 136 g/mol. The van der Waals surface area contributed by atoms with Crippen molar-refractivity contribution in [2.45, 2.75) is 0 Å². The summed E-state index contributed by atoms with van der Waals surface area (Å²) in [4.78, 5) is 0. The second-order valence-electron chi connectivity index (χ2n) is 2.22. The summed E-state index contributed by atoms with van der Waals surface area (Å²) in [5.74, 6) is 0. The fraction of sp³-hybridized carbons (Fsp3) is 1.00. The molecular formula is C5H14NO3+. The molecule has 0 spiro atoms. The summed E-state index contributed by atoms with van der Waals surface area (Å²) in [5, 5.41) is 25.8. The van der Waals surface area contributed by atoms with E-state index in [1.807, 2.05) is 0 Å². The van der Waals surface area contributed by atoms with Crippen LogP contribution < -0.4 is 5.73 Å². The minimum Gasteiger partial charge on any atom is -0.395 e. The highest BCUT2D eigenvalue weighted by Gasteiger charge is 2.28. The third-order valence-electron chi connectivity index (χ3n) is 1.54. The topological polar surface area (TPSA) is 88.3 Å². The van der Waals surface area contributed by atoms with Crippen LogP contribution in [0.25, 0.3) is 0 Å². The lowest BCUT2D eigenvalue weighted by atomic mass is 9.92. The second-order valence-corrected chi connectivity index (χ2v) is 2.22. The van der Waals surface area contributed by atoms with Crippen molar-refractivity contribution in [1.29, 1.82) is 0 Å². The summed E-state index contributed by atoms with van der Waals surface area (Å²) in [6.45, 7) is -0.312. The Morgan fingerprint density at radius 3 is 1.33 bits per heavy atom. The molecule has 4 heteroatoms. The van der Waals surface area contributed by atoms with E-state index in [9.17, 15) is 0 Å². The lowest BCUT2D eigenvalue weighted by Gasteiger charge is -2.22. The van der Waals surface area contributed by atoms with Crippen molar-refractivity contribution in [2.24, 2.45) is 5.41 Å². The van der Waals surface area contributed by atoms with Crippen LogP contribution in [0, 0.1) is 5.41 Å². The van der Waals surface area contributed by atoms with Gasteiger partial charge in [-0.25, -0.2) is 0 Å². The van der Waals surface area contributed by atoms with Gasteiger partial charge in [0.1, 0.15) is 0 Å². The van der Waals surface area contributed by atoms with Crippen molar-refractivity contribution in [3.8, 4) is 0 Å². The maximum Gasteiger partial charge on any atom is 0.0882 e. The van der Waals surface area contributed by atoms with Crippen LogP contribution in [-0.4, -0.2) is 41.7 Å². The Balaban J connectivity index is 3.82. The second kappa shape index (κ2) is 3.79. The molecule has 0 atom stereocenters. The molecule has 4 nitrogen and oxygen atoms in total. The molecule has 0 saturated heterocycles. The van der Waals surface area contributed by atoms with Crippen LogP contribution in [0.1, 0.15) is 0 Å². The maximum absolute atomic E-state index is 8.62. The SMILES string of the molecule is [NH3+]CC(CO)(CO)CO. The van der Waals surface area contributed by atoms with Crippen molar-refractivity contribution in [1.82, 2.24) is 0 Å². The molecule has 0 rings (SSSR count). The summed E-state index contributed by atoms with van der Waals surface area (Å²) in [7, 11) is 0. The van der Waals surface area contributed by atoms with E-state index in [0.29, 0.717) is 6.54 Å². The number of aliphatic hydroxyl groups excluding tert-OH is 3. The van der Waals surface area contributed by atoms with E-state index in [-0.39, 0.29) is 19.8 Å². The molecule has 0 bridgehead atoms.